The van der Waals surface area contributed by atoms with Crippen LogP contribution in [-0.4, -0.2) is 32.2 Å². The summed E-state index contributed by atoms with van der Waals surface area (Å²) < 4.78 is 1.95. The van der Waals surface area contributed by atoms with Crippen molar-refractivity contribution >= 4 is 33.5 Å². The molecule has 3 aromatic heterocycles. The van der Waals surface area contributed by atoms with Crippen molar-refractivity contribution in [1.82, 2.24) is 19.3 Å². The van der Waals surface area contributed by atoms with E-state index in [4.69, 9.17) is 0 Å². The third-order valence-electron chi connectivity index (χ3n) is 3.78. The molecule has 0 aliphatic rings. The van der Waals surface area contributed by atoms with Crippen molar-refractivity contribution in [3.63, 3.8) is 0 Å². The minimum Gasteiger partial charge on any atom is -0.337 e. The van der Waals surface area contributed by atoms with Crippen LogP contribution in [0.4, 0.5) is 0 Å². The first-order chi connectivity index (χ1) is 10.5. The lowest BCUT2D eigenvalue weighted by Crippen LogP contribution is -2.31. The molecule has 0 N–H and O–H groups in total. The molecule has 0 fully saturated rings. The molecule has 0 spiro atoms. The van der Waals surface area contributed by atoms with Crippen molar-refractivity contribution in [3.8, 4) is 0 Å². The summed E-state index contributed by atoms with van der Waals surface area (Å²) >= 11 is 3.24. The lowest BCUT2D eigenvalue weighted by molar-refractivity contribution is -0.131. The number of likely N-dealkylation sites (N-methyl/N-ethyl adjacent to an activating group) is 1. The quantitative estimate of drug-likeness (QED) is 0.736. The number of aromatic nitrogens is 3. The molecule has 3 rings (SSSR count). The molecule has 7 heteroatoms. The predicted molar refractivity (Wildman–Crippen MR) is 89.5 cm³/mol. The number of nitrogens with zero attached hydrogens (tertiary/aromatic N) is 4. The monoisotopic (exact) mass is 334 g/mol. The minimum atomic E-state index is -0.0267. The molecule has 1 amide bonds. The van der Waals surface area contributed by atoms with Gasteiger partial charge < -0.3 is 4.90 Å². The van der Waals surface area contributed by atoms with Crippen molar-refractivity contribution < 1.29 is 4.79 Å². The maximum Gasteiger partial charge on any atom is 0.228 e. The van der Waals surface area contributed by atoms with Crippen LogP contribution >= 0.6 is 22.7 Å². The van der Waals surface area contributed by atoms with Crippen LogP contribution in [0.15, 0.2) is 17.8 Å². The van der Waals surface area contributed by atoms with Crippen LogP contribution in [0.5, 0.6) is 0 Å². The first-order valence-electron chi connectivity index (χ1n) is 7.06. The smallest absolute Gasteiger partial charge is 0.228 e. The number of carbonyl (C=O) groups is 1. The van der Waals surface area contributed by atoms with Gasteiger partial charge in [-0.1, -0.05) is 0 Å². The highest BCUT2D eigenvalue weighted by Gasteiger charge is 2.22. The Hall–Kier alpha value is -1.73. The van der Waals surface area contributed by atoms with Crippen LogP contribution in [0.1, 0.15) is 34.2 Å². The number of thiazole rings is 2. The number of aryl methyl sites for hydroxylation is 2. The molecule has 3 aromatic rings. The Morgan fingerprint density at radius 3 is 2.82 bits per heavy atom. The second-order valence-electron chi connectivity index (χ2n) is 5.36. The zero-order valence-corrected chi connectivity index (χ0v) is 14.7. The van der Waals surface area contributed by atoms with Crippen LogP contribution in [-0.2, 0) is 11.2 Å². The SMILES string of the molecule is Cc1nc(C(C)N(C)C(=O)Cc2cn3ccsc3n2)c(C)s1. The van der Waals surface area contributed by atoms with Crippen LogP contribution in [0.3, 0.4) is 0 Å². The second-order valence-corrected chi connectivity index (χ2v) is 7.64. The average Bonchev–Trinajstić information content (AvgIpc) is 3.11. The van der Waals surface area contributed by atoms with Gasteiger partial charge in [-0.25, -0.2) is 9.97 Å². The predicted octanol–water partition coefficient (Wildman–Crippen LogP) is 3.23. The Morgan fingerprint density at radius 2 is 2.18 bits per heavy atom. The van der Waals surface area contributed by atoms with E-state index in [0.29, 0.717) is 6.42 Å². The lowest BCUT2D eigenvalue weighted by atomic mass is 10.1. The summed E-state index contributed by atoms with van der Waals surface area (Å²) in [5.41, 5.74) is 1.80. The van der Waals surface area contributed by atoms with Gasteiger partial charge in [0.25, 0.3) is 0 Å². The fourth-order valence-electron chi connectivity index (χ4n) is 2.47. The maximum absolute atomic E-state index is 12.5. The third-order valence-corrected chi connectivity index (χ3v) is 5.46. The summed E-state index contributed by atoms with van der Waals surface area (Å²) in [6.45, 7) is 6.07. The van der Waals surface area contributed by atoms with Crippen LogP contribution in [0.25, 0.3) is 4.96 Å². The Labute approximate surface area is 137 Å². The van der Waals surface area contributed by atoms with Gasteiger partial charge in [0.15, 0.2) is 4.96 Å². The maximum atomic E-state index is 12.5. The van der Waals surface area contributed by atoms with Crippen molar-refractivity contribution in [2.24, 2.45) is 0 Å². The molecular formula is C15H18N4OS2. The zero-order valence-electron chi connectivity index (χ0n) is 13.0. The largest absolute Gasteiger partial charge is 0.337 e. The van der Waals surface area contributed by atoms with E-state index in [2.05, 4.69) is 16.9 Å². The molecule has 1 unspecified atom stereocenters. The van der Waals surface area contributed by atoms with E-state index in [-0.39, 0.29) is 11.9 Å². The Kier molecular flexibility index (Phi) is 4.01. The van der Waals surface area contributed by atoms with Gasteiger partial charge in [0.2, 0.25) is 5.91 Å². The number of imidazole rings is 1. The topological polar surface area (TPSA) is 50.5 Å². The highest BCUT2D eigenvalue weighted by atomic mass is 32.1. The number of fused-ring (bicyclic) bond motifs is 1. The van der Waals surface area contributed by atoms with Gasteiger partial charge >= 0.3 is 0 Å². The standard InChI is InChI=1S/C15H18N4OS2/c1-9(14-10(2)22-11(3)16-14)18(4)13(20)7-12-8-19-5-6-21-15(19)17-12/h5-6,8-9H,7H2,1-4H3. The van der Waals surface area contributed by atoms with Crippen LogP contribution < -0.4 is 0 Å². The van der Waals surface area contributed by atoms with Crippen molar-refractivity contribution in [3.05, 3.63) is 39.0 Å². The summed E-state index contributed by atoms with van der Waals surface area (Å²) in [4.78, 5) is 25.4. The Balaban J connectivity index is 1.73. The van der Waals surface area contributed by atoms with E-state index in [1.165, 1.54) is 4.88 Å². The van der Waals surface area contributed by atoms with Crippen LogP contribution in [0.2, 0.25) is 0 Å². The van der Waals surface area contributed by atoms with Gasteiger partial charge in [-0.05, 0) is 20.8 Å². The fraction of sp³-hybridized carbons (Fsp3) is 0.400. The third kappa shape index (κ3) is 2.78. The molecule has 116 valence electrons. The van der Waals surface area contributed by atoms with E-state index < -0.39 is 0 Å². The first-order valence-corrected chi connectivity index (χ1v) is 8.76. The fourth-order valence-corrected chi connectivity index (χ4v) is 4.10. The molecule has 5 nitrogen and oxygen atoms in total. The number of hydrogen-bond donors (Lipinski definition) is 0. The second kappa shape index (κ2) is 5.81. The van der Waals surface area contributed by atoms with Gasteiger partial charge in [0.1, 0.15) is 0 Å². The van der Waals surface area contributed by atoms with Crippen molar-refractivity contribution in [1.29, 1.82) is 0 Å². The molecule has 0 aromatic carbocycles. The summed E-state index contributed by atoms with van der Waals surface area (Å²) in [5, 5.41) is 3.02. The summed E-state index contributed by atoms with van der Waals surface area (Å²) in [6, 6.07) is -0.0267. The normalized spacial score (nSPS) is 12.7. The zero-order chi connectivity index (χ0) is 15.9. The van der Waals surface area contributed by atoms with Gasteiger partial charge in [0.05, 0.1) is 28.9 Å². The van der Waals surface area contributed by atoms with E-state index in [1.54, 1.807) is 27.6 Å². The summed E-state index contributed by atoms with van der Waals surface area (Å²) in [6.07, 6.45) is 4.19. The molecule has 22 heavy (non-hydrogen) atoms. The lowest BCUT2D eigenvalue weighted by Gasteiger charge is -2.24. The van der Waals surface area contributed by atoms with E-state index in [0.717, 1.165) is 21.4 Å². The van der Waals surface area contributed by atoms with Gasteiger partial charge in [-0.3, -0.25) is 9.20 Å². The van der Waals surface area contributed by atoms with Crippen LogP contribution in [0, 0.1) is 13.8 Å². The molecule has 0 saturated carbocycles. The van der Waals surface area contributed by atoms with Crippen molar-refractivity contribution in [2.75, 3.05) is 7.05 Å². The van der Waals surface area contributed by atoms with E-state index in [1.807, 2.05) is 43.1 Å². The molecule has 0 bridgehead atoms. The molecule has 3 heterocycles. The molecule has 0 saturated heterocycles. The molecular weight excluding hydrogens is 316 g/mol. The number of hydrogen-bond acceptors (Lipinski definition) is 5. The molecule has 0 aliphatic carbocycles. The average molecular weight is 334 g/mol. The van der Waals surface area contributed by atoms with E-state index >= 15 is 0 Å². The Morgan fingerprint density at radius 1 is 1.41 bits per heavy atom. The summed E-state index contributed by atoms with van der Waals surface area (Å²) in [7, 11) is 1.83. The highest BCUT2D eigenvalue weighted by Crippen LogP contribution is 2.26. The highest BCUT2D eigenvalue weighted by molar-refractivity contribution is 7.15. The van der Waals surface area contributed by atoms with Gasteiger partial charge in [-0.15, -0.1) is 22.7 Å². The molecule has 0 radical (unpaired) electrons. The summed E-state index contributed by atoms with van der Waals surface area (Å²) in [5.74, 6) is 0.0586. The Bertz CT molecular complexity index is 788. The minimum absolute atomic E-state index is 0.0267. The molecule has 0 aliphatic heterocycles. The van der Waals surface area contributed by atoms with Gasteiger partial charge in [-0.2, -0.15) is 0 Å². The number of carbonyl (C=O) groups excluding carboxylic acids is 1. The number of rotatable bonds is 4. The van der Waals surface area contributed by atoms with Crippen molar-refractivity contribution in [2.45, 2.75) is 33.2 Å². The van der Waals surface area contributed by atoms with Gasteiger partial charge in [0, 0.05) is 29.7 Å². The number of amides is 1. The van der Waals surface area contributed by atoms with E-state index in [9.17, 15) is 4.79 Å². The first kappa shape index (κ1) is 15.2. The molecule has 1 atom stereocenters.